The van der Waals surface area contributed by atoms with E-state index in [1.807, 2.05) is 44.2 Å². The highest BCUT2D eigenvalue weighted by Gasteiger charge is 2.40. The molecule has 1 heterocycles. The van der Waals surface area contributed by atoms with E-state index in [1.165, 1.54) is 0 Å². The third-order valence-electron chi connectivity index (χ3n) is 5.24. The van der Waals surface area contributed by atoms with Crippen LogP contribution in [0.1, 0.15) is 41.6 Å². The molecule has 0 unspecified atom stereocenters. The number of ether oxygens (including phenoxy) is 2. The van der Waals surface area contributed by atoms with Crippen molar-refractivity contribution in [1.82, 2.24) is 15.6 Å². The van der Waals surface area contributed by atoms with Gasteiger partial charge in [-0.05, 0) is 62.4 Å². The highest BCUT2D eigenvalue weighted by atomic mass is 16.5. The lowest BCUT2D eigenvalue weighted by Crippen LogP contribution is -2.53. The monoisotopic (exact) mass is 369 g/mol. The number of amides is 2. The summed E-state index contributed by atoms with van der Waals surface area (Å²) in [6, 6.07) is 9.70. The SMILES string of the molecule is COc1cccc(C2(NC(=O)NCc3c(C)cc(C)nc3OC)CCC2)c1. The molecule has 2 aromatic rings. The zero-order chi connectivity index (χ0) is 19.4. The van der Waals surface area contributed by atoms with Gasteiger partial charge in [0, 0.05) is 11.3 Å². The van der Waals surface area contributed by atoms with Crippen molar-refractivity contribution in [2.45, 2.75) is 45.2 Å². The first-order valence-electron chi connectivity index (χ1n) is 9.19. The number of hydrogen-bond acceptors (Lipinski definition) is 4. The van der Waals surface area contributed by atoms with Crippen molar-refractivity contribution in [3.8, 4) is 11.6 Å². The molecule has 144 valence electrons. The first kappa shape index (κ1) is 19.0. The third kappa shape index (κ3) is 3.99. The predicted octanol–water partition coefficient (Wildman–Crippen LogP) is 3.59. The highest BCUT2D eigenvalue weighted by Crippen LogP contribution is 2.42. The highest BCUT2D eigenvalue weighted by molar-refractivity contribution is 5.75. The number of urea groups is 1. The summed E-state index contributed by atoms with van der Waals surface area (Å²) in [5, 5.41) is 6.12. The zero-order valence-corrected chi connectivity index (χ0v) is 16.4. The van der Waals surface area contributed by atoms with E-state index in [9.17, 15) is 4.79 Å². The molecule has 6 nitrogen and oxygen atoms in total. The van der Waals surface area contributed by atoms with Gasteiger partial charge in [0.2, 0.25) is 5.88 Å². The Bertz CT molecular complexity index is 831. The van der Waals surface area contributed by atoms with Crippen LogP contribution in [0.3, 0.4) is 0 Å². The molecular weight excluding hydrogens is 342 g/mol. The molecule has 1 fully saturated rings. The topological polar surface area (TPSA) is 72.5 Å². The number of nitrogens with one attached hydrogen (secondary N) is 2. The van der Waals surface area contributed by atoms with Crippen molar-refractivity contribution in [3.05, 3.63) is 52.7 Å². The molecule has 0 radical (unpaired) electrons. The van der Waals surface area contributed by atoms with Crippen LogP contribution in [0.2, 0.25) is 0 Å². The Morgan fingerprint density at radius 2 is 1.96 bits per heavy atom. The Morgan fingerprint density at radius 3 is 2.59 bits per heavy atom. The summed E-state index contributed by atoms with van der Waals surface area (Å²) < 4.78 is 10.7. The van der Waals surface area contributed by atoms with Gasteiger partial charge in [-0.2, -0.15) is 0 Å². The molecule has 0 saturated heterocycles. The summed E-state index contributed by atoms with van der Waals surface area (Å²) in [4.78, 5) is 17.0. The summed E-state index contributed by atoms with van der Waals surface area (Å²) in [6.45, 7) is 4.28. The summed E-state index contributed by atoms with van der Waals surface area (Å²) in [5.41, 5.74) is 3.58. The number of pyridine rings is 1. The molecule has 2 amide bonds. The minimum Gasteiger partial charge on any atom is -0.497 e. The van der Waals surface area contributed by atoms with Crippen molar-refractivity contribution < 1.29 is 14.3 Å². The van der Waals surface area contributed by atoms with Crippen LogP contribution in [0.5, 0.6) is 11.6 Å². The number of aryl methyl sites for hydroxylation is 2. The summed E-state index contributed by atoms with van der Waals surface area (Å²) in [7, 11) is 3.24. The Morgan fingerprint density at radius 1 is 1.19 bits per heavy atom. The van der Waals surface area contributed by atoms with Crippen molar-refractivity contribution in [2.24, 2.45) is 0 Å². The van der Waals surface area contributed by atoms with Crippen LogP contribution in [0.25, 0.3) is 0 Å². The van der Waals surface area contributed by atoms with Crippen molar-refractivity contribution in [2.75, 3.05) is 14.2 Å². The first-order chi connectivity index (χ1) is 13.0. The fourth-order valence-electron chi connectivity index (χ4n) is 3.58. The molecule has 0 atom stereocenters. The average Bonchev–Trinajstić information content (AvgIpc) is 2.63. The van der Waals surface area contributed by atoms with E-state index < -0.39 is 0 Å². The molecule has 27 heavy (non-hydrogen) atoms. The zero-order valence-electron chi connectivity index (χ0n) is 16.4. The second-order valence-electron chi connectivity index (χ2n) is 7.04. The van der Waals surface area contributed by atoms with E-state index in [2.05, 4.69) is 15.6 Å². The van der Waals surface area contributed by atoms with E-state index in [4.69, 9.17) is 9.47 Å². The Balaban J connectivity index is 1.70. The molecule has 1 aliphatic rings. The lowest BCUT2D eigenvalue weighted by molar-refractivity contribution is 0.176. The van der Waals surface area contributed by atoms with Crippen LogP contribution in [0.15, 0.2) is 30.3 Å². The number of rotatable bonds is 6. The van der Waals surface area contributed by atoms with E-state index in [1.54, 1.807) is 14.2 Å². The smallest absolute Gasteiger partial charge is 0.315 e. The van der Waals surface area contributed by atoms with Gasteiger partial charge in [0.05, 0.1) is 26.3 Å². The standard InChI is InChI=1S/C21H27N3O3/c1-14-11-15(2)23-19(27-4)18(14)13-22-20(25)24-21(9-6-10-21)16-7-5-8-17(12-16)26-3/h5,7-8,11-12H,6,9-10,13H2,1-4H3,(H2,22,24,25). The molecule has 0 aliphatic heterocycles. The van der Waals surface area contributed by atoms with Crippen LogP contribution in [0, 0.1) is 13.8 Å². The van der Waals surface area contributed by atoms with Gasteiger partial charge in [0.1, 0.15) is 5.75 Å². The van der Waals surface area contributed by atoms with Crippen LogP contribution in [-0.2, 0) is 12.1 Å². The Hall–Kier alpha value is -2.76. The first-order valence-corrected chi connectivity index (χ1v) is 9.19. The fourth-order valence-corrected chi connectivity index (χ4v) is 3.58. The lowest BCUT2D eigenvalue weighted by Gasteiger charge is -2.43. The minimum absolute atomic E-state index is 0.195. The van der Waals surface area contributed by atoms with Gasteiger partial charge in [-0.25, -0.2) is 9.78 Å². The summed E-state index contributed by atoms with van der Waals surface area (Å²) in [5.74, 6) is 1.35. The van der Waals surface area contributed by atoms with Crippen LogP contribution in [0.4, 0.5) is 4.79 Å². The molecule has 0 bridgehead atoms. The number of aromatic nitrogens is 1. The minimum atomic E-state index is -0.330. The number of methoxy groups -OCH3 is 2. The lowest BCUT2D eigenvalue weighted by atomic mass is 9.72. The predicted molar refractivity (Wildman–Crippen MR) is 104 cm³/mol. The quantitative estimate of drug-likeness (QED) is 0.816. The summed E-state index contributed by atoms with van der Waals surface area (Å²) >= 11 is 0. The van der Waals surface area contributed by atoms with Crippen LogP contribution >= 0.6 is 0 Å². The molecule has 1 aliphatic carbocycles. The maximum atomic E-state index is 12.6. The van der Waals surface area contributed by atoms with E-state index in [0.717, 1.165) is 47.4 Å². The van der Waals surface area contributed by atoms with Crippen molar-refractivity contribution in [1.29, 1.82) is 0 Å². The molecular formula is C21H27N3O3. The van der Waals surface area contributed by atoms with Crippen molar-refractivity contribution >= 4 is 6.03 Å². The van der Waals surface area contributed by atoms with Gasteiger partial charge in [-0.1, -0.05) is 12.1 Å². The van der Waals surface area contributed by atoms with Gasteiger partial charge >= 0.3 is 6.03 Å². The third-order valence-corrected chi connectivity index (χ3v) is 5.24. The molecule has 1 saturated carbocycles. The van der Waals surface area contributed by atoms with Gasteiger partial charge in [-0.3, -0.25) is 0 Å². The van der Waals surface area contributed by atoms with Crippen molar-refractivity contribution in [3.63, 3.8) is 0 Å². The average molecular weight is 369 g/mol. The second-order valence-corrected chi connectivity index (χ2v) is 7.04. The summed E-state index contributed by atoms with van der Waals surface area (Å²) in [6.07, 6.45) is 2.93. The molecule has 1 aromatic carbocycles. The fraction of sp³-hybridized carbons (Fsp3) is 0.429. The van der Waals surface area contributed by atoms with E-state index in [-0.39, 0.29) is 11.6 Å². The van der Waals surface area contributed by atoms with Gasteiger partial charge in [0.25, 0.3) is 0 Å². The molecule has 3 rings (SSSR count). The molecule has 2 N–H and O–H groups in total. The maximum Gasteiger partial charge on any atom is 0.315 e. The van der Waals surface area contributed by atoms with E-state index in [0.29, 0.717) is 12.4 Å². The number of benzene rings is 1. The maximum absolute atomic E-state index is 12.6. The number of carbonyl (C=O) groups excluding carboxylic acids is 1. The number of nitrogens with zero attached hydrogens (tertiary/aromatic N) is 1. The van der Waals surface area contributed by atoms with E-state index >= 15 is 0 Å². The normalized spacial score (nSPS) is 14.8. The number of carbonyl (C=O) groups is 1. The molecule has 1 aromatic heterocycles. The Kier molecular flexibility index (Phi) is 5.54. The largest absolute Gasteiger partial charge is 0.497 e. The number of hydrogen-bond donors (Lipinski definition) is 2. The van der Waals surface area contributed by atoms with Gasteiger partial charge in [-0.15, -0.1) is 0 Å². The van der Waals surface area contributed by atoms with Crippen LogP contribution in [-0.4, -0.2) is 25.2 Å². The molecule has 0 spiro atoms. The van der Waals surface area contributed by atoms with Crippen LogP contribution < -0.4 is 20.1 Å². The van der Waals surface area contributed by atoms with Gasteiger partial charge < -0.3 is 20.1 Å². The van der Waals surface area contributed by atoms with Gasteiger partial charge in [0.15, 0.2) is 0 Å². The Labute approximate surface area is 160 Å². The second kappa shape index (κ2) is 7.86. The molecule has 6 heteroatoms.